The van der Waals surface area contributed by atoms with Crippen LogP contribution in [0.5, 0.6) is 0 Å². The summed E-state index contributed by atoms with van der Waals surface area (Å²) in [7, 11) is 1.73. The molecule has 1 unspecified atom stereocenters. The number of carbonyl (C=O) groups is 3. The van der Waals surface area contributed by atoms with E-state index in [1.807, 2.05) is 61.6 Å². The van der Waals surface area contributed by atoms with Crippen LogP contribution in [-0.2, 0) is 30.3 Å². The number of likely N-dealkylation sites (tertiary alicyclic amines) is 1. The standard InChI is InChI=1S/C31H40N4O6/c1-30-10-6-12-32(2)27(37)24(30)25-28(38)35(23(21-36)20-22-8-4-3-5-9-22)26-29(39)34(13-7-11-31(25,26)41-30)15-14-33-16-18-40-19-17-33/h3-11,23-26,36H,12-21H2,1-2H3/t23-,24+,25+,26?,30-,31+/m1/s1. The van der Waals surface area contributed by atoms with Crippen LogP contribution < -0.4 is 0 Å². The highest BCUT2D eigenvalue weighted by Gasteiger charge is 2.75. The topological polar surface area (TPSA) is 103 Å². The molecule has 6 rings (SSSR count). The molecule has 10 nitrogen and oxygen atoms in total. The van der Waals surface area contributed by atoms with E-state index in [1.165, 1.54) is 0 Å². The summed E-state index contributed by atoms with van der Waals surface area (Å²) < 4.78 is 12.3. The molecule has 3 saturated heterocycles. The molecule has 5 aliphatic heterocycles. The zero-order valence-corrected chi connectivity index (χ0v) is 23.9. The van der Waals surface area contributed by atoms with E-state index in [0.717, 1.165) is 18.7 Å². The second-order valence-electron chi connectivity index (χ2n) is 12.0. The molecule has 1 N–H and O–H groups in total. The second kappa shape index (κ2) is 11.0. The molecule has 0 saturated carbocycles. The van der Waals surface area contributed by atoms with Crippen molar-refractivity contribution in [1.82, 2.24) is 19.6 Å². The summed E-state index contributed by atoms with van der Waals surface area (Å²) in [6, 6.07) is 7.99. The predicted molar refractivity (Wildman–Crippen MR) is 151 cm³/mol. The molecule has 1 spiro atoms. The maximum absolute atomic E-state index is 14.6. The van der Waals surface area contributed by atoms with Crippen LogP contribution in [0.3, 0.4) is 0 Å². The predicted octanol–water partition coefficient (Wildman–Crippen LogP) is 0.320. The van der Waals surface area contributed by atoms with Gasteiger partial charge in [-0.1, -0.05) is 54.6 Å². The molecule has 0 bridgehead atoms. The van der Waals surface area contributed by atoms with Crippen molar-refractivity contribution in [3.8, 4) is 0 Å². The lowest BCUT2D eigenvalue weighted by Crippen LogP contribution is -2.59. The maximum atomic E-state index is 14.6. The quantitative estimate of drug-likeness (QED) is 0.476. The maximum Gasteiger partial charge on any atom is 0.249 e. The molecule has 0 radical (unpaired) electrons. The normalized spacial score (nSPS) is 34.4. The largest absolute Gasteiger partial charge is 0.394 e. The Morgan fingerprint density at radius 2 is 1.68 bits per heavy atom. The first-order chi connectivity index (χ1) is 19.8. The number of morpholine rings is 1. The molecule has 3 amide bonds. The molecule has 10 heteroatoms. The monoisotopic (exact) mass is 564 g/mol. The summed E-state index contributed by atoms with van der Waals surface area (Å²) >= 11 is 0. The molecule has 1 aromatic carbocycles. The molecule has 3 fully saturated rings. The number of amides is 3. The number of hydrogen-bond donors (Lipinski definition) is 1. The van der Waals surface area contributed by atoms with E-state index in [-0.39, 0.29) is 24.3 Å². The number of rotatable bonds is 7. The van der Waals surface area contributed by atoms with E-state index in [1.54, 1.807) is 21.7 Å². The average molecular weight is 565 g/mol. The summed E-state index contributed by atoms with van der Waals surface area (Å²) in [5, 5.41) is 10.7. The fraction of sp³-hybridized carbons (Fsp3) is 0.581. The molecule has 0 aromatic heterocycles. The number of hydrogen-bond acceptors (Lipinski definition) is 7. The van der Waals surface area contributed by atoms with E-state index >= 15 is 0 Å². The van der Waals surface area contributed by atoms with Crippen molar-refractivity contribution in [3.05, 3.63) is 60.2 Å². The minimum atomic E-state index is -1.33. The van der Waals surface area contributed by atoms with E-state index < -0.39 is 35.1 Å². The molecular weight excluding hydrogens is 524 g/mol. The van der Waals surface area contributed by atoms with Crippen LogP contribution >= 0.6 is 0 Å². The van der Waals surface area contributed by atoms with E-state index in [4.69, 9.17) is 9.47 Å². The summed E-state index contributed by atoms with van der Waals surface area (Å²) in [5.74, 6) is -2.38. The molecule has 5 aliphatic rings. The van der Waals surface area contributed by atoms with Gasteiger partial charge in [-0.05, 0) is 18.9 Å². The van der Waals surface area contributed by atoms with Gasteiger partial charge in [0.1, 0.15) is 11.6 Å². The van der Waals surface area contributed by atoms with Gasteiger partial charge >= 0.3 is 0 Å². The molecule has 220 valence electrons. The van der Waals surface area contributed by atoms with Gasteiger partial charge in [0.05, 0.1) is 43.3 Å². The van der Waals surface area contributed by atoms with Gasteiger partial charge < -0.3 is 29.3 Å². The number of nitrogens with zero attached hydrogens (tertiary/aromatic N) is 4. The number of aliphatic hydroxyl groups is 1. The van der Waals surface area contributed by atoms with Crippen molar-refractivity contribution in [3.63, 3.8) is 0 Å². The van der Waals surface area contributed by atoms with Gasteiger partial charge in [-0.25, -0.2) is 0 Å². The Labute approximate surface area is 241 Å². The van der Waals surface area contributed by atoms with E-state index in [2.05, 4.69) is 4.90 Å². The van der Waals surface area contributed by atoms with Gasteiger partial charge in [0, 0.05) is 46.3 Å². The average Bonchev–Trinajstić information content (AvgIpc) is 3.27. The van der Waals surface area contributed by atoms with Crippen LogP contribution in [0.4, 0.5) is 0 Å². The van der Waals surface area contributed by atoms with Crippen molar-refractivity contribution >= 4 is 17.7 Å². The molecule has 0 aliphatic carbocycles. The first-order valence-electron chi connectivity index (χ1n) is 14.7. The van der Waals surface area contributed by atoms with Crippen molar-refractivity contribution in [2.24, 2.45) is 11.8 Å². The van der Waals surface area contributed by atoms with E-state index in [9.17, 15) is 19.5 Å². The smallest absolute Gasteiger partial charge is 0.249 e. The Bertz CT molecular complexity index is 1230. The van der Waals surface area contributed by atoms with Crippen LogP contribution in [0.25, 0.3) is 0 Å². The second-order valence-corrected chi connectivity index (χ2v) is 12.0. The zero-order valence-electron chi connectivity index (χ0n) is 23.9. The lowest BCUT2D eigenvalue weighted by molar-refractivity contribution is -0.155. The van der Waals surface area contributed by atoms with Gasteiger partial charge in [0.15, 0.2) is 0 Å². The molecule has 5 heterocycles. The molecular formula is C31H40N4O6. The Hall–Kier alpha value is -3.05. The van der Waals surface area contributed by atoms with Crippen molar-refractivity contribution < 1.29 is 29.0 Å². The van der Waals surface area contributed by atoms with E-state index in [0.29, 0.717) is 45.8 Å². The van der Waals surface area contributed by atoms with Crippen LogP contribution in [0.2, 0.25) is 0 Å². The van der Waals surface area contributed by atoms with Crippen molar-refractivity contribution in [1.29, 1.82) is 0 Å². The number of aliphatic hydroxyl groups excluding tert-OH is 1. The number of carbonyl (C=O) groups excluding carboxylic acids is 3. The fourth-order valence-corrected chi connectivity index (χ4v) is 7.45. The first kappa shape index (κ1) is 28.1. The summed E-state index contributed by atoms with van der Waals surface area (Å²) in [6.07, 6.45) is 7.94. The van der Waals surface area contributed by atoms with Crippen LogP contribution in [-0.4, -0.2) is 132 Å². The molecule has 1 aromatic rings. The summed E-state index contributed by atoms with van der Waals surface area (Å²) in [5.41, 5.74) is -1.43. The molecule has 41 heavy (non-hydrogen) atoms. The van der Waals surface area contributed by atoms with Crippen molar-refractivity contribution in [2.75, 3.05) is 66.1 Å². The Morgan fingerprint density at radius 1 is 0.951 bits per heavy atom. The third kappa shape index (κ3) is 4.70. The van der Waals surface area contributed by atoms with Gasteiger partial charge in [0.25, 0.3) is 0 Å². The Morgan fingerprint density at radius 3 is 2.41 bits per heavy atom. The highest BCUT2D eigenvalue weighted by atomic mass is 16.5. The first-order valence-corrected chi connectivity index (χ1v) is 14.7. The number of benzene rings is 1. The number of fused-ring (bicyclic) bond motifs is 2. The van der Waals surface area contributed by atoms with Crippen molar-refractivity contribution in [2.45, 2.75) is 36.6 Å². The SMILES string of the molecule is CN1CC=C[C@@]2(C)O[C@]34C=CCN(CCN5CCOCC5)C(=O)C3N([C@@H](CO)Cc3ccccc3)C(=O)[C@@H]4[C@H]2C1=O. The van der Waals surface area contributed by atoms with Gasteiger partial charge in [-0.2, -0.15) is 0 Å². The fourth-order valence-electron chi connectivity index (χ4n) is 7.45. The molecule has 6 atom stereocenters. The minimum absolute atomic E-state index is 0.175. The van der Waals surface area contributed by atoms with Crippen LogP contribution in [0, 0.1) is 11.8 Å². The number of likely N-dealkylation sites (N-methyl/N-ethyl adjacent to an activating group) is 1. The summed E-state index contributed by atoms with van der Waals surface area (Å²) in [6.45, 7) is 6.49. The van der Waals surface area contributed by atoms with Crippen LogP contribution in [0.1, 0.15) is 12.5 Å². The van der Waals surface area contributed by atoms with Gasteiger partial charge in [-0.3, -0.25) is 19.3 Å². The van der Waals surface area contributed by atoms with Gasteiger partial charge in [0.2, 0.25) is 17.7 Å². The Balaban J connectivity index is 1.40. The third-order valence-corrected chi connectivity index (χ3v) is 9.49. The lowest BCUT2D eigenvalue weighted by atomic mass is 9.74. The van der Waals surface area contributed by atoms with Gasteiger partial charge in [-0.15, -0.1) is 0 Å². The van der Waals surface area contributed by atoms with Crippen LogP contribution in [0.15, 0.2) is 54.6 Å². The highest BCUT2D eigenvalue weighted by Crippen LogP contribution is 2.57. The third-order valence-electron chi connectivity index (χ3n) is 9.49. The number of ether oxygens (including phenoxy) is 2. The Kier molecular flexibility index (Phi) is 7.52. The summed E-state index contributed by atoms with van der Waals surface area (Å²) in [4.78, 5) is 50.2. The minimum Gasteiger partial charge on any atom is -0.394 e. The highest BCUT2D eigenvalue weighted by molar-refractivity contribution is 6.00. The zero-order chi connectivity index (χ0) is 28.8. The lowest BCUT2D eigenvalue weighted by Gasteiger charge is -2.40.